The van der Waals surface area contributed by atoms with Crippen LogP contribution in [-0.4, -0.2) is 30.0 Å². The largest absolute Gasteiger partial charge is 0.497 e. The number of hydrogen-bond acceptors (Lipinski definition) is 3. The van der Waals surface area contributed by atoms with E-state index in [0.29, 0.717) is 6.04 Å². The van der Waals surface area contributed by atoms with Gasteiger partial charge < -0.3 is 10.1 Å². The van der Waals surface area contributed by atoms with Crippen molar-refractivity contribution < 1.29 is 9.53 Å². The van der Waals surface area contributed by atoms with Crippen molar-refractivity contribution in [2.75, 3.05) is 12.4 Å². The predicted octanol–water partition coefficient (Wildman–Crippen LogP) is 3.69. The van der Waals surface area contributed by atoms with Crippen molar-refractivity contribution in [2.24, 2.45) is 0 Å². The van der Waals surface area contributed by atoms with Gasteiger partial charge in [0, 0.05) is 18.3 Å². The van der Waals surface area contributed by atoms with Crippen LogP contribution in [0.4, 0.5) is 5.69 Å². The second-order valence-corrected chi connectivity index (χ2v) is 6.28. The Labute approximate surface area is 143 Å². The Bertz CT molecular complexity index is 666. The minimum Gasteiger partial charge on any atom is -0.497 e. The molecule has 3 rings (SSSR count). The molecule has 1 saturated carbocycles. The maximum absolute atomic E-state index is 12.6. The molecule has 0 heterocycles. The highest BCUT2D eigenvalue weighted by atomic mass is 16.5. The van der Waals surface area contributed by atoms with E-state index in [-0.39, 0.29) is 11.9 Å². The first-order valence-corrected chi connectivity index (χ1v) is 8.42. The van der Waals surface area contributed by atoms with Crippen molar-refractivity contribution in [1.82, 2.24) is 4.90 Å². The summed E-state index contributed by atoms with van der Waals surface area (Å²) in [6.45, 7) is 2.76. The maximum Gasteiger partial charge on any atom is 0.241 e. The van der Waals surface area contributed by atoms with Gasteiger partial charge in [-0.05, 0) is 49.6 Å². The summed E-state index contributed by atoms with van der Waals surface area (Å²) in [6, 6.07) is 18.0. The van der Waals surface area contributed by atoms with Crippen LogP contribution >= 0.6 is 0 Å². The van der Waals surface area contributed by atoms with Crippen LogP contribution < -0.4 is 10.1 Å². The van der Waals surface area contributed by atoms with Crippen molar-refractivity contribution >= 4 is 11.6 Å². The number of carbonyl (C=O) groups excluding carboxylic acids is 1. The van der Waals surface area contributed by atoms with Gasteiger partial charge in [-0.15, -0.1) is 0 Å². The molecule has 1 N–H and O–H groups in total. The number of rotatable bonds is 7. The predicted molar refractivity (Wildman–Crippen MR) is 96.1 cm³/mol. The number of methoxy groups -OCH3 is 1. The third-order valence-electron chi connectivity index (χ3n) is 4.46. The van der Waals surface area contributed by atoms with E-state index in [4.69, 9.17) is 4.74 Å². The molecule has 0 aromatic heterocycles. The molecule has 0 aliphatic heterocycles. The number of ether oxygens (including phenoxy) is 1. The molecule has 4 nitrogen and oxygen atoms in total. The Hall–Kier alpha value is -2.33. The molecule has 126 valence electrons. The normalized spacial score (nSPS) is 15.1. The van der Waals surface area contributed by atoms with Gasteiger partial charge in [-0.25, -0.2) is 0 Å². The minimum atomic E-state index is -0.167. The Morgan fingerprint density at radius 3 is 2.42 bits per heavy atom. The molecule has 0 spiro atoms. The van der Waals surface area contributed by atoms with Crippen LogP contribution in [0.25, 0.3) is 0 Å². The van der Waals surface area contributed by atoms with Gasteiger partial charge in [0.05, 0.1) is 13.2 Å². The van der Waals surface area contributed by atoms with Crippen molar-refractivity contribution in [3.8, 4) is 5.75 Å². The molecule has 1 atom stereocenters. The molecule has 4 heteroatoms. The SMILES string of the molecule is COc1ccc(CN(C2CC2)[C@H](C)C(=O)Nc2ccccc2)cc1. The summed E-state index contributed by atoms with van der Waals surface area (Å²) in [5, 5.41) is 3.01. The summed E-state index contributed by atoms with van der Waals surface area (Å²) in [4.78, 5) is 14.9. The lowest BCUT2D eigenvalue weighted by atomic mass is 10.1. The van der Waals surface area contributed by atoms with Gasteiger partial charge >= 0.3 is 0 Å². The van der Waals surface area contributed by atoms with Crippen molar-refractivity contribution in [3.05, 3.63) is 60.2 Å². The zero-order valence-corrected chi connectivity index (χ0v) is 14.2. The van der Waals surface area contributed by atoms with E-state index < -0.39 is 0 Å². The Balaban J connectivity index is 1.66. The van der Waals surface area contributed by atoms with Gasteiger partial charge in [0.1, 0.15) is 5.75 Å². The Morgan fingerprint density at radius 1 is 1.17 bits per heavy atom. The lowest BCUT2D eigenvalue weighted by Gasteiger charge is -2.28. The number of amides is 1. The zero-order chi connectivity index (χ0) is 16.9. The summed E-state index contributed by atoms with van der Waals surface area (Å²) in [6.07, 6.45) is 2.33. The smallest absolute Gasteiger partial charge is 0.241 e. The molecule has 2 aromatic carbocycles. The van der Waals surface area contributed by atoms with Crippen LogP contribution in [0.3, 0.4) is 0 Å². The summed E-state index contributed by atoms with van der Waals surface area (Å²) in [5.41, 5.74) is 2.04. The molecule has 0 bridgehead atoms. The highest BCUT2D eigenvalue weighted by Gasteiger charge is 2.34. The third kappa shape index (κ3) is 4.15. The first-order chi connectivity index (χ1) is 11.7. The van der Waals surface area contributed by atoms with E-state index in [1.54, 1.807) is 7.11 Å². The molecular formula is C20H24N2O2. The quantitative estimate of drug-likeness (QED) is 0.844. The van der Waals surface area contributed by atoms with Crippen molar-refractivity contribution in [1.29, 1.82) is 0 Å². The standard InChI is InChI=1S/C20H24N2O2/c1-15(20(23)21-17-6-4-3-5-7-17)22(18-10-11-18)14-16-8-12-19(24-2)13-9-16/h3-9,12-13,15,18H,10-11,14H2,1-2H3,(H,21,23)/t15-/m1/s1. The number of nitrogens with one attached hydrogen (secondary N) is 1. The van der Waals surface area contributed by atoms with Gasteiger partial charge in [0.25, 0.3) is 0 Å². The van der Waals surface area contributed by atoms with E-state index in [2.05, 4.69) is 22.3 Å². The second kappa shape index (κ2) is 7.49. The van der Waals surface area contributed by atoms with E-state index in [9.17, 15) is 4.79 Å². The first-order valence-electron chi connectivity index (χ1n) is 8.42. The number of benzene rings is 2. The molecule has 1 amide bonds. The number of carbonyl (C=O) groups is 1. The molecule has 1 aliphatic carbocycles. The average molecular weight is 324 g/mol. The molecule has 2 aromatic rings. The van der Waals surface area contributed by atoms with Crippen LogP contribution in [0, 0.1) is 0 Å². The van der Waals surface area contributed by atoms with E-state index in [0.717, 1.165) is 18.0 Å². The van der Waals surface area contributed by atoms with Crippen LogP contribution in [-0.2, 0) is 11.3 Å². The van der Waals surface area contributed by atoms with Crippen LogP contribution in [0.15, 0.2) is 54.6 Å². The second-order valence-electron chi connectivity index (χ2n) is 6.28. The van der Waals surface area contributed by atoms with E-state index in [1.807, 2.05) is 49.4 Å². The monoisotopic (exact) mass is 324 g/mol. The maximum atomic E-state index is 12.6. The van der Waals surface area contributed by atoms with Gasteiger partial charge in [-0.2, -0.15) is 0 Å². The van der Waals surface area contributed by atoms with Crippen LogP contribution in [0.1, 0.15) is 25.3 Å². The first kappa shape index (κ1) is 16.5. The fraction of sp³-hybridized carbons (Fsp3) is 0.350. The third-order valence-corrected chi connectivity index (χ3v) is 4.46. The molecule has 0 radical (unpaired) electrons. The minimum absolute atomic E-state index is 0.0432. The fourth-order valence-electron chi connectivity index (χ4n) is 2.85. The molecule has 1 fully saturated rings. The number of anilines is 1. The summed E-state index contributed by atoms with van der Waals surface area (Å²) >= 11 is 0. The topological polar surface area (TPSA) is 41.6 Å². The molecule has 0 saturated heterocycles. The van der Waals surface area contributed by atoms with Crippen molar-refractivity contribution in [3.63, 3.8) is 0 Å². The van der Waals surface area contributed by atoms with Gasteiger partial charge in [0.2, 0.25) is 5.91 Å². The number of nitrogens with zero attached hydrogens (tertiary/aromatic N) is 1. The average Bonchev–Trinajstić information content (AvgIpc) is 3.45. The molecular weight excluding hydrogens is 300 g/mol. The van der Waals surface area contributed by atoms with Gasteiger partial charge in [0.15, 0.2) is 0 Å². The summed E-state index contributed by atoms with van der Waals surface area (Å²) in [7, 11) is 1.67. The molecule has 24 heavy (non-hydrogen) atoms. The van der Waals surface area contributed by atoms with E-state index >= 15 is 0 Å². The fourth-order valence-corrected chi connectivity index (χ4v) is 2.85. The highest BCUT2D eigenvalue weighted by molar-refractivity contribution is 5.94. The van der Waals surface area contributed by atoms with Crippen LogP contribution in [0.2, 0.25) is 0 Å². The molecule has 0 unspecified atom stereocenters. The highest BCUT2D eigenvalue weighted by Crippen LogP contribution is 2.30. The molecule has 1 aliphatic rings. The number of hydrogen-bond donors (Lipinski definition) is 1. The Morgan fingerprint density at radius 2 is 1.83 bits per heavy atom. The Kier molecular flexibility index (Phi) is 5.16. The van der Waals surface area contributed by atoms with Crippen LogP contribution in [0.5, 0.6) is 5.75 Å². The zero-order valence-electron chi connectivity index (χ0n) is 14.2. The summed E-state index contributed by atoms with van der Waals surface area (Å²) in [5.74, 6) is 0.896. The van der Waals surface area contributed by atoms with Gasteiger partial charge in [-0.3, -0.25) is 9.69 Å². The van der Waals surface area contributed by atoms with Crippen molar-refractivity contribution in [2.45, 2.75) is 38.4 Å². The lowest BCUT2D eigenvalue weighted by molar-refractivity contribution is -0.121. The lowest BCUT2D eigenvalue weighted by Crippen LogP contribution is -2.42. The van der Waals surface area contributed by atoms with Gasteiger partial charge in [-0.1, -0.05) is 30.3 Å². The number of para-hydroxylation sites is 1. The summed E-state index contributed by atoms with van der Waals surface area (Å²) < 4.78 is 5.21. The van der Waals surface area contributed by atoms with E-state index in [1.165, 1.54) is 18.4 Å².